The lowest BCUT2D eigenvalue weighted by Crippen LogP contribution is -2.56. The van der Waals surface area contributed by atoms with Gasteiger partial charge in [-0.05, 0) is 50.6 Å². The van der Waals surface area contributed by atoms with Gasteiger partial charge >= 0.3 is 0 Å². The number of hydrogen-bond donors (Lipinski definition) is 3. The molecule has 0 saturated carbocycles. The number of benzene rings is 3. The number of aromatic hydroxyl groups is 1. The Balaban J connectivity index is 1.80. The van der Waals surface area contributed by atoms with Crippen LogP contribution in [0, 0.1) is 20.8 Å². The molecule has 3 aromatic rings. The SMILES string of the molecule is COc1cc(/C=C2\NC(=O)[C@H]3Cc4c(O)c(C)c(OC)c(OC)c4[C@@H]2N3)c(S(=O)(=O)c2ccc(C)cc2)c(C)c1OC. The fraction of sp³-hybridized carbons (Fsp3) is 0.323. The monoisotopic (exact) mass is 594 g/mol. The third kappa shape index (κ3) is 4.53. The summed E-state index contributed by atoms with van der Waals surface area (Å²) in [6, 6.07) is 6.89. The van der Waals surface area contributed by atoms with Crippen molar-refractivity contribution in [1.29, 1.82) is 0 Å². The summed E-state index contributed by atoms with van der Waals surface area (Å²) < 4.78 is 50.8. The van der Waals surface area contributed by atoms with Gasteiger partial charge in [0.1, 0.15) is 5.75 Å². The van der Waals surface area contributed by atoms with Crippen molar-refractivity contribution in [1.82, 2.24) is 10.6 Å². The van der Waals surface area contributed by atoms with Crippen LogP contribution in [0.1, 0.15) is 39.4 Å². The number of methoxy groups -OCH3 is 4. The molecule has 0 unspecified atom stereocenters. The van der Waals surface area contributed by atoms with Crippen LogP contribution in [0.15, 0.2) is 45.8 Å². The molecule has 0 aliphatic carbocycles. The highest BCUT2D eigenvalue weighted by Gasteiger charge is 2.43. The molecule has 2 bridgehead atoms. The summed E-state index contributed by atoms with van der Waals surface area (Å²) in [7, 11) is 1.86. The van der Waals surface area contributed by atoms with Crippen molar-refractivity contribution in [3.63, 3.8) is 0 Å². The number of phenols is 1. The van der Waals surface area contributed by atoms with Gasteiger partial charge in [0.15, 0.2) is 23.0 Å². The Hall–Kier alpha value is -4.22. The molecule has 1 amide bonds. The van der Waals surface area contributed by atoms with Gasteiger partial charge in [-0.1, -0.05) is 17.7 Å². The van der Waals surface area contributed by atoms with E-state index in [1.54, 1.807) is 50.3 Å². The van der Waals surface area contributed by atoms with E-state index >= 15 is 0 Å². The van der Waals surface area contributed by atoms with E-state index in [2.05, 4.69) is 10.6 Å². The van der Waals surface area contributed by atoms with Gasteiger partial charge in [0.25, 0.3) is 0 Å². The van der Waals surface area contributed by atoms with Crippen molar-refractivity contribution < 1.29 is 37.3 Å². The van der Waals surface area contributed by atoms with Gasteiger partial charge in [-0.2, -0.15) is 0 Å². The number of carbonyl (C=O) groups is 1. The molecule has 0 aromatic heterocycles. The van der Waals surface area contributed by atoms with Crippen LogP contribution >= 0.6 is 0 Å². The summed E-state index contributed by atoms with van der Waals surface area (Å²) in [5.74, 6) is 1.11. The first-order valence-electron chi connectivity index (χ1n) is 13.3. The summed E-state index contributed by atoms with van der Waals surface area (Å²) >= 11 is 0. The van der Waals surface area contributed by atoms with Gasteiger partial charge in [-0.25, -0.2) is 8.42 Å². The second kappa shape index (κ2) is 10.9. The molecule has 42 heavy (non-hydrogen) atoms. The van der Waals surface area contributed by atoms with E-state index in [0.717, 1.165) is 5.56 Å². The Labute approximate surface area is 245 Å². The lowest BCUT2D eigenvalue weighted by atomic mass is 9.82. The molecular formula is C31H34N2O8S. The molecule has 1 fully saturated rings. The Kier molecular flexibility index (Phi) is 7.59. The van der Waals surface area contributed by atoms with Gasteiger partial charge in [0.2, 0.25) is 15.7 Å². The highest BCUT2D eigenvalue weighted by Crippen LogP contribution is 2.50. The van der Waals surface area contributed by atoms with Crippen molar-refractivity contribution in [3.05, 3.63) is 69.4 Å². The van der Waals surface area contributed by atoms with Crippen molar-refractivity contribution in [2.75, 3.05) is 28.4 Å². The highest BCUT2D eigenvalue weighted by atomic mass is 32.2. The average molecular weight is 595 g/mol. The first-order chi connectivity index (χ1) is 20.0. The van der Waals surface area contributed by atoms with E-state index in [4.69, 9.17) is 18.9 Å². The molecule has 3 aromatic carbocycles. The number of carbonyl (C=O) groups excluding carboxylic acids is 1. The Morgan fingerprint density at radius 3 is 2.14 bits per heavy atom. The number of aryl methyl sites for hydroxylation is 1. The predicted molar refractivity (Wildman–Crippen MR) is 156 cm³/mol. The van der Waals surface area contributed by atoms with Crippen LogP contribution in [-0.2, 0) is 21.1 Å². The predicted octanol–water partition coefficient (Wildman–Crippen LogP) is 3.91. The average Bonchev–Trinajstić information content (AvgIpc) is 2.97. The first kappa shape index (κ1) is 29.3. The second-order valence-corrected chi connectivity index (χ2v) is 12.2. The maximum absolute atomic E-state index is 14.1. The number of sulfone groups is 1. The molecule has 0 radical (unpaired) electrons. The molecule has 3 N–H and O–H groups in total. The van der Waals surface area contributed by atoms with Crippen molar-refractivity contribution in [3.8, 4) is 28.7 Å². The second-order valence-electron chi connectivity index (χ2n) is 10.3. The number of fused-ring (bicyclic) bond motifs is 4. The number of rotatable bonds is 7. The summed E-state index contributed by atoms with van der Waals surface area (Å²) in [4.78, 5) is 13.3. The zero-order valence-corrected chi connectivity index (χ0v) is 25.4. The minimum atomic E-state index is -4.05. The molecule has 2 aliphatic heterocycles. The van der Waals surface area contributed by atoms with E-state index in [1.165, 1.54) is 28.4 Å². The fourth-order valence-electron chi connectivity index (χ4n) is 5.88. The molecule has 222 valence electrons. The fourth-order valence-corrected chi connectivity index (χ4v) is 7.54. The number of nitrogens with one attached hydrogen (secondary N) is 2. The molecule has 1 saturated heterocycles. The third-order valence-electron chi connectivity index (χ3n) is 7.91. The minimum absolute atomic E-state index is 0.0141. The summed E-state index contributed by atoms with van der Waals surface area (Å²) in [6.45, 7) is 5.26. The van der Waals surface area contributed by atoms with Crippen LogP contribution in [0.2, 0.25) is 0 Å². The van der Waals surface area contributed by atoms with Gasteiger partial charge < -0.3 is 29.4 Å². The number of amides is 1. The van der Waals surface area contributed by atoms with Gasteiger partial charge in [-0.3, -0.25) is 10.1 Å². The molecule has 2 aliphatic rings. The normalized spacial score (nSPS) is 18.7. The van der Waals surface area contributed by atoms with Crippen molar-refractivity contribution in [2.45, 2.75) is 49.1 Å². The maximum atomic E-state index is 14.1. The lowest BCUT2D eigenvalue weighted by Gasteiger charge is -2.40. The first-order valence-corrected chi connectivity index (χ1v) is 14.8. The van der Waals surface area contributed by atoms with Crippen LogP contribution < -0.4 is 29.6 Å². The van der Waals surface area contributed by atoms with E-state index in [9.17, 15) is 18.3 Å². The molecule has 2 heterocycles. The Morgan fingerprint density at radius 2 is 1.55 bits per heavy atom. The van der Waals surface area contributed by atoms with Crippen molar-refractivity contribution >= 4 is 21.8 Å². The number of hydrogen-bond acceptors (Lipinski definition) is 9. The lowest BCUT2D eigenvalue weighted by molar-refractivity contribution is -0.124. The Morgan fingerprint density at radius 1 is 0.905 bits per heavy atom. The summed E-state index contributed by atoms with van der Waals surface area (Å²) in [5, 5.41) is 17.4. The number of ether oxygens (including phenoxy) is 4. The maximum Gasteiger partial charge on any atom is 0.241 e. The quantitative estimate of drug-likeness (QED) is 0.372. The third-order valence-corrected chi connectivity index (χ3v) is 9.89. The molecule has 0 spiro atoms. The Bertz CT molecular complexity index is 1730. The topological polar surface area (TPSA) is 132 Å². The summed E-state index contributed by atoms with van der Waals surface area (Å²) in [6.07, 6.45) is 1.85. The molecule has 5 rings (SSSR count). The summed E-state index contributed by atoms with van der Waals surface area (Å²) in [5.41, 5.74) is 3.60. The van der Waals surface area contributed by atoms with Crippen LogP contribution in [0.5, 0.6) is 28.7 Å². The van der Waals surface area contributed by atoms with Crippen LogP contribution in [0.25, 0.3) is 6.08 Å². The zero-order chi connectivity index (χ0) is 30.5. The van der Waals surface area contributed by atoms with Crippen LogP contribution in [0.4, 0.5) is 0 Å². The number of phenolic OH excluding ortho intramolecular Hbond substituents is 1. The molecular weight excluding hydrogens is 560 g/mol. The zero-order valence-electron chi connectivity index (χ0n) is 24.5. The highest BCUT2D eigenvalue weighted by molar-refractivity contribution is 7.91. The van der Waals surface area contributed by atoms with Crippen molar-refractivity contribution in [2.24, 2.45) is 0 Å². The molecule has 2 atom stereocenters. The largest absolute Gasteiger partial charge is 0.507 e. The minimum Gasteiger partial charge on any atom is -0.507 e. The van der Waals surface area contributed by atoms with E-state index < -0.39 is 21.9 Å². The van der Waals surface area contributed by atoms with E-state index in [1.807, 2.05) is 6.92 Å². The smallest absolute Gasteiger partial charge is 0.241 e. The molecule has 11 heteroatoms. The van der Waals surface area contributed by atoms with Crippen LogP contribution in [0.3, 0.4) is 0 Å². The van der Waals surface area contributed by atoms with E-state index in [-0.39, 0.29) is 39.2 Å². The van der Waals surface area contributed by atoms with Gasteiger partial charge in [0, 0.05) is 34.4 Å². The standard InChI is InChI=1S/C31H34N2O8S/c1-15-8-10-19(11-9-15)42(36,37)30-17(3)27(39-5)23(38-4)13-18(30)12-21-25-24-20(14-22(32-25)31(35)33-21)26(34)16(2)28(40-6)29(24)41-7/h8-13,22,25,32,34H,14H2,1-7H3,(H,33,35)/b21-12-/t22-,25-/m1/s1. The van der Waals surface area contributed by atoms with Crippen LogP contribution in [-0.4, -0.2) is 53.9 Å². The van der Waals surface area contributed by atoms with Gasteiger partial charge in [-0.15, -0.1) is 0 Å². The number of piperazine rings is 1. The molecule has 10 nitrogen and oxygen atoms in total. The van der Waals surface area contributed by atoms with Gasteiger partial charge in [0.05, 0.1) is 50.3 Å². The van der Waals surface area contributed by atoms with E-state index in [0.29, 0.717) is 45.2 Å².